The molecule has 0 spiro atoms. The third-order valence-corrected chi connectivity index (χ3v) is 3.13. The summed E-state index contributed by atoms with van der Waals surface area (Å²) in [6.45, 7) is 0.238. The molecular formula is C14H11NO5. The molecule has 2 N–H and O–H groups in total. The maximum Gasteiger partial charge on any atom is 0.337 e. The summed E-state index contributed by atoms with van der Waals surface area (Å²) in [6, 6.07) is 3.63. The van der Waals surface area contributed by atoms with Gasteiger partial charge in [-0.3, -0.25) is 4.79 Å². The Labute approximate surface area is 114 Å². The maximum atomic E-state index is 11.9. The summed E-state index contributed by atoms with van der Waals surface area (Å²) in [6.07, 6.45) is 5.44. The molecule has 0 saturated carbocycles. The van der Waals surface area contributed by atoms with Gasteiger partial charge in [0.15, 0.2) is 0 Å². The lowest BCUT2D eigenvalue weighted by Gasteiger charge is -2.18. The molecule has 1 aromatic carbocycles. The van der Waals surface area contributed by atoms with Crippen molar-refractivity contribution in [3.8, 4) is 12.3 Å². The molecule has 1 aliphatic heterocycles. The van der Waals surface area contributed by atoms with Crippen LogP contribution < -0.4 is 4.90 Å². The maximum absolute atomic E-state index is 11.9. The van der Waals surface area contributed by atoms with Gasteiger partial charge in [-0.15, -0.1) is 12.3 Å². The number of nitrogens with zero attached hydrogens (tertiary/aromatic N) is 1. The van der Waals surface area contributed by atoms with Crippen LogP contribution in [0.2, 0.25) is 0 Å². The van der Waals surface area contributed by atoms with E-state index in [1.165, 1.54) is 17.0 Å². The molecule has 2 rings (SSSR count). The molecule has 0 bridgehead atoms. The predicted molar refractivity (Wildman–Crippen MR) is 69.7 cm³/mol. The van der Waals surface area contributed by atoms with Crippen LogP contribution in [0, 0.1) is 18.3 Å². The third kappa shape index (κ3) is 2.34. The van der Waals surface area contributed by atoms with Gasteiger partial charge in [0.2, 0.25) is 5.91 Å². The van der Waals surface area contributed by atoms with Crippen molar-refractivity contribution in [1.82, 2.24) is 0 Å². The molecule has 1 saturated heterocycles. The van der Waals surface area contributed by atoms with E-state index < -0.39 is 11.9 Å². The van der Waals surface area contributed by atoms with Crippen LogP contribution in [-0.2, 0) is 4.79 Å². The number of terminal acetylenes is 1. The molecule has 1 heterocycles. The van der Waals surface area contributed by atoms with Gasteiger partial charge in [0.25, 0.3) is 0 Å². The molecule has 6 nitrogen and oxygen atoms in total. The zero-order valence-corrected chi connectivity index (χ0v) is 10.4. The van der Waals surface area contributed by atoms with Crippen LogP contribution in [0.3, 0.4) is 0 Å². The number of hydrogen-bond acceptors (Lipinski definition) is 3. The Morgan fingerprint density at radius 3 is 2.50 bits per heavy atom. The summed E-state index contributed by atoms with van der Waals surface area (Å²) in [5.74, 6) is -0.578. The van der Waals surface area contributed by atoms with Crippen LogP contribution in [0.1, 0.15) is 27.1 Å². The highest BCUT2D eigenvalue weighted by molar-refractivity contribution is 6.05. The highest BCUT2D eigenvalue weighted by Crippen LogP contribution is 2.28. The quantitative estimate of drug-likeness (QED) is 0.803. The second-order valence-corrected chi connectivity index (χ2v) is 4.41. The van der Waals surface area contributed by atoms with Crippen molar-refractivity contribution in [2.75, 3.05) is 11.4 Å². The minimum absolute atomic E-state index is 0.147. The molecule has 1 aliphatic rings. The fraction of sp³-hybridized carbons (Fsp3) is 0.214. The zero-order valence-electron chi connectivity index (χ0n) is 10.4. The van der Waals surface area contributed by atoms with Crippen LogP contribution >= 0.6 is 0 Å². The number of rotatable bonds is 3. The Morgan fingerprint density at radius 1 is 1.30 bits per heavy atom. The normalized spacial score (nSPS) is 17.9. The molecule has 0 radical (unpaired) electrons. The molecule has 1 aromatic rings. The smallest absolute Gasteiger partial charge is 0.337 e. The lowest BCUT2D eigenvalue weighted by molar-refractivity contribution is -0.117. The summed E-state index contributed by atoms with van der Waals surface area (Å²) in [5, 5.41) is 18.0. The first-order valence-corrected chi connectivity index (χ1v) is 5.81. The van der Waals surface area contributed by atoms with Crippen LogP contribution in [-0.4, -0.2) is 34.6 Å². The fourth-order valence-electron chi connectivity index (χ4n) is 2.13. The average Bonchev–Trinajstić information content (AvgIpc) is 2.79. The first kappa shape index (κ1) is 13.6. The summed E-state index contributed by atoms with van der Waals surface area (Å²) < 4.78 is 0. The lowest BCUT2D eigenvalue weighted by atomic mass is 10.1. The van der Waals surface area contributed by atoms with E-state index in [4.69, 9.17) is 11.5 Å². The Hall–Kier alpha value is -2.81. The molecule has 6 heteroatoms. The van der Waals surface area contributed by atoms with Gasteiger partial charge < -0.3 is 15.1 Å². The highest BCUT2D eigenvalue weighted by atomic mass is 16.4. The number of carboxylic acid groups (broad SMARTS) is 2. The van der Waals surface area contributed by atoms with E-state index in [2.05, 4.69) is 5.92 Å². The third-order valence-electron chi connectivity index (χ3n) is 3.13. The topological polar surface area (TPSA) is 94.9 Å². The molecule has 0 aromatic heterocycles. The van der Waals surface area contributed by atoms with Gasteiger partial charge in [0.05, 0.1) is 16.8 Å². The van der Waals surface area contributed by atoms with Crippen LogP contribution in [0.5, 0.6) is 0 Å². The number of aromatic carboxylic acids is 2. The number of carbonyl (C=O) groups is 3. The van der Waals surface area contributed by atoms with Crippen molar-refractivity contribution < 1.29 is 24.6 Å². The average molecular weight is 273 g/mol. The Bertz CT molecular complexity index is 643. The summed E-state index contributed by atoms with van der Waals surface area (Å²) in [4.78, 5) is 35.3. The van der Waals surface area contributed by atoms with Gasteiger partial charge in [-0.25, -0.2) is 9.59 Å². The van der Waals surface area contributed by atoms with E-state index in [9.17, 15) is 19.5 Å². The predicted octanol–water partition coefficient (Wildman–Crippen LogP) is 1.07. The lowest BCUT2D eigenvalue weighted by Crippen LogP contribution is -2.26. The van der Waals surface area contributed by atoms with Crippen molar-refractivity contribution in [1.29, 1.82) is 0 Å². The minimum atomic E-state index is -1.29. The molecule has 0 aliphatic carbocycles. The second kappa shape index (κ2) is 5.05. The molecule has 20 heavy (non-hydrogen) atoms. The number of carboxylic acids is 2. The largest absolute Gasteiger partial charge is 0.478 e. The summed E-state index contributed by atoms with van der Waals surface area (Å²) in [7, 11) is 0. The van der Waals surface area contributed by atoms with Crippen molar-refractivity contribution >= 4 is 23.5 Å². The first-order valence-electron chi connectivity index (χ1n) is 5.81. The van der Waals surface area contributed by atoms with Gasteiger partial charge in [-0.2, -0.15) is 0 Å². The van der Waals surface area contributed by atoms with E-state index in [1.54, 1.807) is 0 Å². The molecule has 1 fully saturated rings. The Balaban J connectivity index is 2.47. The number of carbonyl (C=O) groups excluding carboxylic acids is 1. The standard InChI is InChI=1S/C14H11NO5/c1-2-8-5-12(16)15(7-8)11-4-3-9(13(17)18)6-10(11)14(19)20/h1,3-4,6,8H,5,7H2,(H,17,18)(H,19,20). The number of hydrogen-bond donors (Lipinski definition) is 2. The number of amides is 1. The SMILES string of the molecule is C#CC1CC(=O)N(c2ccc(C(=O)O)cc2C(=O)O)C1. The number of benzene rings is 1. The first-order chi connectivity index (χ1) is 9.43. The van der Waals surface area contributed by atoms with Gasteiger partial charge >= 0.3 is 11.9 Å². The monoisotopic (exact) mass is 273 g/mol. The Kier molecular flexibility index (Phi) is 3.44. The van der Waals surface area contributed by atoms with Crippen LogP contribution in [0.25, 0.3) is 0 Å². The van der Waals surface area contributed by atoms with Crippen LogP contribution in [0.4, 0.5) is 5.69 Å². The van der Waals surface area contributed by atoms with Gasteiger partial charge in [0, 0.05) is 18.9 Å². The molecule has 1 atom stereocenters. The van der Waals surface area contributed by atoms with E-state index >= 15 is 0 Å². The van der Waals surface area contributed by atoms with Gasteiger partial charge in [-0.1, -0.05) is 0 Å². The minimum Gasteiger partial charge on any atom is -0.478 e. The van der Waals surface area contributed by atoms with E-state index in [1.807, 2.05) is 0 Å². The van der Waals surface area contributed by atoms with Gasteiger partial charge in [-0.05, 0) is 18.2 Å². The molecule has 1 unspecified atom stereocenters. The Morgan fingerprint density at radius 2 is 2.00 bits per heavy atom. The zero-order chi connectivity index (χ0) is 14.9. The second-order valence-electron chi connectivity index (χ2n) is 4.41. The summed E-state index contributed by atoms with van der Waals surface area (Å²) in [5.41, 5.74) is -0.201. The van der Waals surface area contributed by atoms with Crippen molar-refractivity contribution in [3.63, 3.8) is 0 Å². The number of anilines is 1. The van der Waals surface area contributed by atoms with Crippen molar-refractivity contribution in [2.24, 2.45) is 5.92 Å². The van der Waals surface area contributed by atoms with E-state index in [0.717, 1.165) is 6.07 Å². The van der Waals surface area contributed by atoms with Gasteiger partial charge in [0.1, 0.15) is 0 Å². The molecular weight excluding hydrogens is 262 g/mol. The van der Waals surface area contributed by atoms with E-state index in [-0.39, 0.29) is 41.6 Å². The molecule has 1 amide bonds. The molecule has 102 valence electrons. The van der Waals surface area contributed by atoms with E-state index in [0.29, 0.717) is 0 Å². The summed E-state index contributed by atoms with van der Waals surface area (Å²) >= 11 is 0. The van der Waals surface area contributed by atoms with Crippen molar-refractivity contribution in [2.45, 2.75) is 6.42 Å². The highest BCUT2D eigenvalue weighted by Gasteiger charge is 2.32. The van der Waals surface area contributed by atoms with Crippen molar-refractivity contribution in [3.05, 3.63) is 29.3 Å². The fourth-order valence-corrected chi connectivity index (χ4v) is 2.13. The van der Waals surface area contributed by atoms with Crippen LogP contribution in [0.15, 0.2) is 18.2 Å².